The number of nitrogens with zero attached hydrogens (tertiary/aromatic N) is 4. The Morgan fingerprint density at radius 1 is 1.38 bits per heavy atom. The van der Waals surface area contributed by atoms with Crippen LogP contribution in [-0.2, 0) is 6.54 Å². The first-order chi connectivity index (χ1) is 10.1. The molecule has 0 saturated heterocycles. The van der Waals surface area contributed by atoms with Crippen LogP contribution in [0.5, 0.6) is 0 Å². The highest BCUT2D eigenvalue weighted by Crippen LogP contribution is 2.33. The molecule has 3 heterocycles. The topological polar surface area (TPSA) is 55.1 Å². The Labute approximate surface area is 135 Å². The molecule has 0 bridgehead atoms. The molecule has 0 fully saturated rings. The van der Waals surface area contributed by atoms with E-state index in [0.717, 1.165) is 32.4 Å². The van der Waals surface area contributed by atoms with Crippen LogP contribution in [0.25, 0.3) is 4.96 Å². The SMILES string of the molecule is Cc1nnc(Sc2nc3sccn3c2CNCC(C)C)s1. The van der Waals surface area contributed by atoms with E-state index in [9.17, 15) is 0 Å². The number of thiazole rings is 1. The summed E-state index contributed by atoms with van der Waals surface area (Å²) in [5.41, 5.74) is 1.20. The van der Waals surface area contributed by atoms with Gasteiger partial charge in [0.05, 0.1) is 5.69 Å². The molecule has 0 atom stereocenters. The Morgan fingerprint density at radius 3 is 2.95 bits per heavy atom. The highest BCUT2D eigenvalue weighted by molar-refractivity contribution is 8.01. The molecule has 112 valence electrons. The van der Waals surface area contributed by atoms with Crippen molar-refractivity contribution in [2.24, 2.45) is 5.92 Å². The zero-order chi connectivity index (χ0) is 14.8. The van der Waals surface area contributed by atoms with Gasteiger partial charge in [0.25, 0.3) is 0 Å². The molecule has 0 saturated carbocycles. The maximum absolute atomic E-state index is 4.72. The molecule has 21 heavy (non-hydrogen) atoms. The standard InChI is InChI=1S/C13H17N5S3/c1-8(2)6-14-7-10-11(15-12-18(10)4-5-19-12)21-13-17-16-9(3)20-13/h4-5,8,14H,6-7H2,1-3H3. The van der Waals surface area contributed by atoms with Crippen LogP contribution in [-0.4, -0.2) is 26.1 Å². The van der Waals surface area contributed by atoms with Crippen LogP contribution < -0.4 is 5.32 Å². The van der Waals surface area contributed by atoms with Crippen molar-refractivity contribution >= 4 is 39.4 Å². The van der Waals surface area contributed by atoms with Crippen molar-refractivity contribution in [3.05, 3.63) is 22.3 Å². The minimum Gasteiger partial charge on any atom is -0.311 e. The second-order valence-electron chi connectivity index (χ2n) is 5.13. The van der Waals surface area contributed by atoms with Crippen molar-refractivity contribution in [2.75, 3.05) is 6.54 Å². The van der Waals surface area contributed by atoms with Crippen molar-refractivity contribution in [1.29, 1.82) is 0 Å². The third kappa shape index (κ3) is 3.45. The van der Waals surface area contributed by atoms with Gasteiger partial charge in [-0.1, -0.05) is 25.2 Å². The van der Waals surface area contributed by atoms with Crippen LogP contribution >= 0.6 is 34.4 Å². The zero-order valence-corrected chi connectivity index (χ0v) is 14.6. The fourth-order valence-corrected chi connectivity index (χ4v) is 4.58. The number of imidazole rings is 1. The van der Waals surface area contributed by atoms with Crippen LogP contribution in [0.2, 0.25) is 0 Å². The third-order valence-electron chi connectivity index (χ3n) is 2.86. The molecule has 0 spiro atoms. The maximum Gasteiger partial charge on any atom is 0.194 e. The predicted octanol–water partition coefficient (Wildman–Crippen LogP) is 3.45. The lowest BCUT2D eigenvalue weighted by atomic mass is 10.2. The van der Waals surface area contributed by atoms with E-state index in [1.807, 2.05) is 6.92 Å². The molecule has 0 unspecified atom stereocenters. The van der Waals surface area contributed by atoms with E-state index in [2.05, 4.69) is 45.3 Å². The summed E-state index contributed by atoms with van der Waals surface area (Å²) in [4.78, 5) is 5.75. The van der Waals surface area contributed by atoms with Crippen LogP contribution in [0.15, 0.2) is 20.9 Å². The largest absolute Gasteiger partial charge is 0.311 e. The molecule has 1 N–H and O–H groups in total. The minimum absolute atomic E-state index is 0.637. The first-order valence-electron chi connectivity index (χ1n) is 6.76. The Hall–Kier alpha value is -0.960. The highest BCUT2D eigenvalue weighted by Gasteiger charge is 2.16. The van der Waals surface area contributed by atoms with Crippen LogP contribution in [0.1, 0.15) is 24.5 Å². The van der Waals surface area contributed by atoms with Gasteiger partial charge in [0.15, 0.2) is 9.30 Å². The van der Waals surface area contributed by atoms with Gasteiger partial charge in [-0.05, 0) is 31.1 Å². The molecular formula is C13H17N5S3. The van der Waals surface area contributed by atoms with Gasteiger partial charge >= 0.3 is 0 Å². The van der Waals surface area contributed by atoms with Crippen LogP contribution in [0.3, 0.4) is 0 Å². The van der Waals surface area contributed by atoms with Gasteiger partial charge in [-0.25, -0.2) is 4.98 Å². The maximum atomic E-state index is 4.72. The van der Waals surface area contributed by atoms with Gasteiger partial charge in [0.2, 0.25) is 0 Å². The summed E-state index contributed by atoms with van der Waals surface area (Å²) in [5.74, 6) is 0.637. The van der Waals surface area contributed by atoms with Gasteiger partial charge in [0, 0.05) is 18.1 Å². The van der Waals surface area contributed by atoms with Crippen LogP contribution in [0.4, 0.5) is 0 Å². The Balaban J connectivity index is 1.84. The summed E-state index contributed by atoms with van der Waals surface area (Å²) in [6.07, 6.45) is 2.08. The molecule has 0 aliphatic rings. The molecular weight excluding hydrogens is 322 g/mol. The Kier molecular flexibility index (Phi) is 4.58. The summed E-state index contributed by atoms with van der Waals surface area (Å²) < 4.78 is 3.11. The first-order valence-corrected chi connectivity index (χ1v) is 9.28. The fraction of sp³-hybridized carbons (Fsp3) is 0.462. The molecule has 8 heteroatoms. The lowest BCUT2D eigenvalue weighted by molar-refractivity contribution is 0.544. The molecule has 0 aromatic carbocycles. The van der Waals surface area contributed by atoms with Crippen molar-refractivity contribution in [2.45, 2.75) is 36.7 Å². The number of hydrogen-bond donors (Lipinski definition) is 1. The molecule has 3 aromatic heterocycles. The Bertz CT molecular complexity index is 727. The van der Waals surface area contributed by atoms with E-state index in [0.29, 0.717) is 5.92 Å². The number of fused-ring (bicyclic) bond motifs is 1. The van der Waals surface area contributed by atoms with Crippen molar-refractivity contribution < 1.29 is 0 Å². The lowest BCUT2D eigenvalue weighted by Gasteiger charge is -2.07. The van der Waals surface area contributed by atoms with E-state index >= 15 is 0 Å². The monoisotopic (exact) mass is 339 g/mol. The first kappa shape index (κ1) is 15.0. The molecule has 0 amide bonds. The van der Waals surface area contributed by atoms with E-state index < -0.39 is 0 Å². The predicted molar refractivity (Wildman–Crippen MR) is 88.4 cm³/mol. The highest BCUT2D eigenvalue weighted by atomic mass is 32.2. The lowest BCUT2D eigenvalue weighted by Crippen LogP contribution is -2.20. The molecule has 0 aliphatic heterocycles. The van der Waals surface area contributed by atoms with E-state index in [-0.39, 0.29) is 0 Å². The normalized spacial score (nSPS) is 11.8. The minimum atomic E-state index is 0.637. The Morgan fingerprint density at radius 2 is 2.24 bits per heavy atom. The smallest absolute Gasteiger partial charge is 0.194 e. The van der Waals surface area contributed by atoms with Gasteiger partial charge in [-0.2, -0.15) is 0 Å². The van der Waals surface area contributed by atoms with E-state index in [4.69, 9.17) is 4.98 Å². The summed E-state index contributed by atoms with van der Waals surface area (Å²) in [7, 11) is 0. The number of rotatable bonds is 6. The average Bonchev–Trinajstić information content (AvgIpc) is 3.09. The van der Waals surface area contributed by atoms with Gasteiger partial charge in [-0.15, -0.1) is 21.5 Å². The van der Waals surface area contributed by atoms with E-state index in [1.165, 1.54) is 5.69 Å². The third-order valence-corrected chi connectivity index (χ3v) is 5.53. The number of aromatic nitrogens is 4. The molecule has 3 rings (SSSR count). The fourth-order valence-electron chi connectivity index (χ4n) is 1.94. The number of aryl methyl sites for hydroxylation is 1. The molecule has 0 radical (unpaired) electrons. The van der Waals surface area contributed by atoms with Crippen molar-refractivity contribution in [3.63, 3.8) is 0 Å². The zero-order valence-electron chi connectivity index (χ0n) is 12.2. The summed E-state index contributed by atoms with van der Waals surface area (Å²) in [6.45, 7) is 8.21. The number of hydrogen-bond acceptors (Lipinski definition) is 7. The molecule has 5 nitrogen and oxygen atoms in total. The summed E-state index contributed by atoms with van der Waals surface area (Å²) in [6, 6.07) is 0. The second kappa shape index (κ2) is 6.43. The van der Waals surface area contributed by atoms with Gasteiger partial charge in [0.1, 0.15) is 10.0 Å². The second-order valence-corrected chi connectivity index (χ2v) is 8.42. The van der Waals surface area contributed by atoms with E-state index in [1.54, 1.807) is 34.4 Å². The number of nitrogens with one attached hydrogen (secondary N) is 1. The summed E-state index contributed by atoms with van der Waals surface area (Å²) >= 11 is 4.87. The molecule has 3 aromatic rings. The van der Waals surface area contributed by atoms with Gasteiger partial charge < -0.3 is 5.32 Å². The summed E-state index contributed by atoms with van der Waals surface area (Å²) in [5, 5.41) is 15.8. The quantitative estimate of drug-likeness (QED) is 0.745. The van der Waals surface area contributed by atoms with Gasteiger partial charge in [-0.3, -0.25) is 4.40 Å². The average molecular weight is 340 g/mol. The van der Waals surface area contributed by atoms with Crippen molar-refractivity contribution in [1.82, 2.24) is 24.9 Å². The molecule has 0 aliphatic carbocycles. The van der Waals surface area contributed by atoms with Crippen molar-refractivity contribution in [3.8, 4) is 0 Å². The van der Waals surface area contributed by atoms with Crippen LogP contribution in [0, 0.1) is 12.8 Å².